The third-order valence-electron chi connectivity index (χ3n) is 3.06. The summed E-state index contributed by atoms with van der Waals surface area (Å²) in [5.74, 6) is 0.887. The van der Waals surface area contributed by atoms with E-state index in [0.717, 1.165) is 0 Å². The van der Waals surface area contributed by atoms with E-state index < -0.39 is 0 Å². The van der Waals surface area contributed by atoms with Gasteiger partial charge in [0, 0.05) is 23.3 Å². The molecule has 1 aromatic heterocycles. The first-order valence-corrected chi connectivity index (χ1v) is 6.35. The highest BCUT2D eigenvalue weighted by molar-refractivity contribution is 5.94. The standard InChI is InChI=1S/C15H16N2O4/c1-10(18)11-4-5-13(20-2)12(8-11)9-17-15(19)7-6-14(16-17)21-3/h4-8H,9H2,1-3H3. The van der Waals surface area contributed by atoms with Gasteiger partial charge in [0.05, 0.1) is 20.8 Å². The van der Waals surface area contributed by atoms with E-state index in [2.05, 4.69) is 5.10 Å². The van der Waals surface area contributed by atoms with Crippen molar-refractivity contribution in [1.82, 2.24) is 9.78 Å². The molecule has 0 saturated carbocycles. The van der Waals surface area contributed by atoms with Gasteiger partial charge in [-0.25, -0.2) is 4.68 Å². The Balaban J connectivity index is 2.44. The molecule has 0 N–H and O–H groups in total. The zero-order chi connectivity index (χ0) is 15.4. The predicted octanol–water partition coefficient (Wildman–Crippen LogP) is 1.51. The number of carbonyl (C=O) groups excluding carboxylic acids is 1. The van der Waals surface area contributed by atoms with E-state index in [4.69, 9.17) is 9.47 Å². The maximum absolute atomic E-state index is 11.8. The summed E-state index contributed by atoms with van der Waals surface area (Å²) in [5.41, 5.74) is 1.00. The van der Waals surface area contributed by atoms with E-state index >= 15 is 0 Å². The van der Waals surface area contributed by atoms with Crippen LogP contribution in [0.5, 0.6) is 11.6 Å². The normalized spacial score (nSPS) is 10.2. The largest absolute Gasteiger partial charge is 0.496 e. The van der Waals surface area contributed by atoms with E-state index in [-0.39, 0.29) is 17.9 Å². The van der Waals surface area contributed by atoms with E-state index in [1.807, 2.05) is 0 Å². The minimum Gasteiger partial charge on any atom is -0.496 e. The molecule has 1 aromatic carbocycles. The molecule has 110 valence electrons. The molecule has 0 spiro atoms. The number of hydrogen-bond acceptors (Lipinski definition) is 5. The number of hydrogen-bond donors (Lipinski definition) is 0. The summed E-state index contributed by atoms with van der Waals surface area (Å²) >= 11 is 0. The van der Waals surface area contributed by atoms with Crippen molar-refractivity contribution in [3.63, 3.8) is 0 Å². The van der Waals surface area contributed by atoms with Crippen LogP contribution < -0.4 is 15.0 Å². The van der Waals surface area contributed by atoms with E-state index in [0.29, 0.717) is 22.8 Å². The van der Waals surface area contributed by atoms with Crippen LogP contribution in [0.3, 0.4) is 0 Å². The SMILES string of the molecule is COc1ccc(=O)n(Cc2cc(C(C)=O)ccc2OC)n1. The van der Waals surface area contributed by atoms with Gasteiger partial charge in [0.1, 0.15) is 5.75 Å². The topological polar surface area (TPSA) is 70.4 Å². The Bertz CT molecular complexity index is 722. The van der Waals surface area contributed by atoms with Gasteiger partial charge in [-0.05, 0) is 25.1 Å². The Labute approximate surface area is 121 Å². The lowest BCUT2D eigenvalue weighted by molar-refractivity contribution is 0.101. The third kappa shape index (κ3) is 3.28. The van der Waals surface area contributed by atoms with Gasteiger partial charge < -0.3 is 9.47 Å². The minimum atomic E-state index is -0.258. The lowest BCUT2D eigenvalue weighted by Gasteiger charge is -2.11. The monoisotopic (exact) mass is 288 g/mol. The summed E-state index contributed by atoms with van der Waals surface area (Å²) in [6, 6.07) is 7.98. The molecule has 0 aliphatic carbocycles. The fourth-order valence-electron chi connectivity index (χ4n) is 1.93. The summed E-state index contributed by atoms with van der Waals surface area (Å²) in [6.07, 6.45) is 0. The summed E-state index contributed by atoms with van der Waals surface area (Å²) in [4.78, 5) is 23.3. The van der Waals surface area contributed by atoms with Gasteiger partial charge in [0.25, 0.3) is 5.56 Å². The van der Waals surface area contributed by atoms with E-state index in [1.54, 1.807) is 18.2 Å². The molecule has 0 saturated heterocycles. The second-order valence-electron chi connectivity index (χ2n) is 4.45. The van der Waals surface area contributed by atoms with Gasteiger partial charge >= 0.3 is 0 Å². The number of benzene rings is 1. The highest BCUT2D eigenvalue weighted by Gasteiger charge is 2.10. The Kier molecular flexibility index (Phi) is 4.37. The molecule has 2 rings (SSSR count). The van der Waals surface area contributed by atoms with Crippen molar-refractivity contribution in [2.45, 2.75) is 13.5 Å². The third-order valence-corrected chi connectivity index (χ3v) is 3.06. The van der Waals surface area contributed by atoms with Crippen LogP contribution in [0.1, 0.15) is 22.8 Å². The van der Waals surface area contributed by atoms with Crippen molar-refractivity contribution in [3.8, 4) is 11.6 Å². The van der Waals surface area contributed by atoms with Gasteiger partial charge in [-0.1, -0.05) is 0 Å². The predicted molar refractivity (Wildman–Crippen MR) is 77.1 cm³/mol. The Morgan fingerprint density at radius 2 is 1.95 bits per heavy atom. The molecule has 6 heteroatoms. The zero-order valence-electron chi connectivity index (χ0n) is 12.1. The van der Waals surface area contributed by atoms with Crippen LogP contribution in [0.15, 0.2) is 35.1 Å². The van der Waals surface area contributed by atoms with Crippen molar-refractivity contribution < 1.29 is 14.3 Å². The number of aromatic nitrogens is 2. The molecule has 0 unspecified atom stereocenters. The molecule has 6 nitrogen and oxygen atoms in total. The van der Waals surface area contributed by atoms with Crippen LogP contribution in [-0.4, -0.2) is 29.8 Å². The summed E-state index contributed by atoms with van der Waals surface area (Å²) in [5, 5.41) is 4.08. The molecule has 0 radical (unpaired) electrons. The fraction of sp³-hybridized carbons (Fsp3) is 0.267. The fourth-order valence-corrected chi connectivity index (χ4v) is 1.93. The van der Waals surface area contributed by atoms with Gasteiger partial charge in [-0.2, -0.15) is 0 Å². The highest BCUT2D eigenvalue weighted by atomic mass is 16.5. The number of nitrogens with zero attached hydrogens (tertiary/aromatic N) is 2. The quantitative estimate of drug-likeness (QED) is 0.780. The number of ether oxygens (including phenoxy) is 2. The molecule has 2 aromatic rings. The molecule has 21 heavy (non-hydrogen) atoms. The smallest absolute Gasteiger partial charge is 0.267 e. The maximum Gasteiger partial charge on any atom is 0.267 e. The minimum absolute atomic E-state index is 0.0511. The maximum atomic E-state index is 11.8. The van der Waals surface area contributed by atoms with Crippen molar-refractivity contribution in [2.75, 3.05) is 14.2 Å². The summed E-state index contributed by atoms with van der Waals surface area (Å²) < 4.78 is 11.5. The van der Waals surface area contributed by atoms with Crippen LogP contribution in [0.2, 0.25) is 0 Å². The Morgan fingerprint density at radius 3 is 2.57 bits per heavy atom. The first kappa shape index (κ1) is 14.8. The van der Waals surface area contributed by atoms with Gasteiger partial charge in [-0.15, -0.1) is 5.10 Å². The Morgan fingerprint density at radius 1 is 1.19 bits per heavy atom. The van der Waals surface area contributed by atoms with E-state index in [9.17, 15) is 9.59 Å². The van der Waals surface area contributed by atoms with Crippen LogP contribution in [-0.2, 0) is 6.54 Å². The van der Waals surface area contributed by atoms with Crippen molar-refractivity contribution >= 4 is 5.78 Å². The second-order valence-corrected chi connectivity index (χ2v) is 4.45. The lowest BCUT2D eigenvalue weighted by Crippen LogP contribution is -2.23. The zero-order valence-corrected chi connectivity index (χ0v) is 12.1. The van der Waals surface area contributed by atoms with Crippen LogP contribution in [0.25, 0.3) is 0 Å². The van der Waals surface area contributed by atoms with Gasteiger partial charge in [0.15, 0.2) is 5.78 Å². The number of Topliss-reactive ketones (excluding diaryl/α,β-unsaturated/α-hetero) is 1. The molecule has 1 heterocycles. The number of ketones is 1. The van der Waals surface area contributed by atoms with Crippen LogP contribution in [0.4, 0.5) is 0 Å². The van der Waals surface area contributed by atoms with Crippen molar-refractivity contribution in [3.05, 3.63) is 51.8 Å². The summed E-state index contributed by atoms with van der Waals surface area (Å²) in [7, 11) is 3.02. The molecular formula is C15H16N2O4. The number of methoxy groups -OCH3 is 2. The summed E-state index contributed by atoms with van der Waals surface area (Å²) in [6.45, 7) is 1.68. The molecule has 0 atom stereocenters. The van der Waals surface area contributed by atoms with Crippen molar-refractivity contribution in [2.24, 2.45) is 0 Å². The second kappa shape index (κ2) is 6.21. The Hall–Kier alpha value is -2.63. The molecule has 0 aliphatic rings. The average molecular weight is 288 g/mol. The first-order chi connectivity index (χ1) is 10.0. The number of carbonyl (C=O) groups is 1. The molecule has 0 aliphatic heterocycles. The molecule has 0 bridgehead atoms. The lowest BCUT2D eigenvalue weighted by atomic mass is 10.1. The molecular weight excluding hydrogens is 272 g/mol. The molecule has 0 amide bonds. The highest BCUT2D eigenvalue weighted by Crippen LogP contribution is 2.21. The van der Waals surface area contributed by atoms with Gasteiger partial charge in [0.2, 0.25) is 5.88 Å². The van der Waals surface area contributed by atoms with Crippen LogP contribution >= 0.6 is 0 Å². The average Bonchev–Trinajstić information content (AvgIpc) is 2.49. The number of rotatable bonds is 5. The molecule has 0 fully saturated rings. The van der Waals surface area contributed by atoms with E-state index in [1.165, 1.54) is 38.0 Å². The van der Waals surface area contributed by atoms with Crippen LogP contribution in [0, 0.1) is 0 Å². The van der Waals surface area contributed by atoms with Gasteiger partial charge in [-0.3, -0.25) is 9.59 Å². The van der Waals surface area contributed by atoms with Crippen molar-refractivity contribution in [1.29, 1.82) is 0 Å². The first-order valence-electron chi connectivity index (χ1n) is 6.35.